The lowest BCUT2D eigenvalue weighted by molar-refractivity contribution is 0.306. The summed E-state index contributed by atoms with van der Waals surface area (Å²) in [6, 6.07) is 8.79. The largest absolute Gasteiger partial charge is 0.357 e. The lowest BCUT2D eigenvalue weighted by Gasteiger charge is -2.24. The number of guanidine groups is 1. The number of hydrogen-bond acceptors (Lipinski definition) is 4. The molecule has 0 bridgehead atoms. The van der Waals surface area contributed by atoms with E-state index in [2.05, 4.69) is 60.8 Å². The second kappa shape index (κ2) is 9.37. The molecule has 1 saturated heterocycles. The summed E-state index contributed by atoms with van der Waals surface area (Å²) in [5, 5.41) is 6.50. The zero-order chi connectivity index (χ0) is 19.2. The molecule has 1 aliphatic heterocycles. The predicted molar refractivity (Wildman–Crippen MR) is 108 cm³/mol. The van der Waals surface area contributed by atoms with E-state index in [1.807, 2.05) is 6.92 Å². The maximum absolute atomic E-state index is 11.7. The van der Waals surface area contributed by atoms with Gasteiger partial charge in [0.1, 0.15) is 0 Å². The third kappa shape index (κ3) is 5.99. The number of aliphatic imine (C=N–C) groups is 1. The molecule has 2 atom stereocenters. The fourth-order valence-corrected chi connectivity index (χ4v) is 4.82. The number of rotatable bonds is 7. The van der Waals surface area contributed by atoms with Gasteiger partial charge in [0, 0.05) is 12.6 Å². The second-order valence-electron chi connectivity index (χ2n) is 7.04. The third-order valence-corrected chi connectivity index (χ3v) is 6.50. The van der Waals surface area contributed by atoms with Crippen LogP contribution in [0.3, 0.4) is 0 Å². The minimum Gasteiger partial charge on any atom is -0.357 e. The maximum Gasteiger partial charge on any atom is 0.191 e. The van der Waals surface area contributed by atoms with Gasteiger partial charge >= 0.3 is 0 Å². The topological polar surface area (TPSA) is 73.8 Å². The van der Waals surface area contributed by atoms with Crippen LogP contribution in [0.2, 0.25) is 0 Å². The molecule has 0 aliphatic carbocycles. The molecule has 26 heavy (non-hydrogen) atoms. The van der Waals surface area contributed by atoms with E-state index >= 15 is 0 Å². The first-order valence-electron chi connectivity index (χ1n) is 9.35. The molecule has 1 heterocycles. The molecule has 1 fully saturated rings. The van der Waals surface area contributed by atoms with Crippen molar-refractivity contribution in [1.29, 1.82) is 0 Å². The standard InChI is InChI=1S/C19H32N4O2S/c1-5-15-7-9-16(10-8-15)18(23(3)4)13-21-19(20-6-2)22-17-11-12-26(24,25)14-17/h7-10,17-18H,5-6,11-14H2,1-4H3,(H2,20,21,22). The van der Waals surface area contributed by atoms with E-state index in [1.54, 1.807) is 0 Å². The van der Waals surface area contributed by atoms with Gasteiger partial charge in [0.25, 0.3) is 0 Å². The molecule has 2 N–H and O–H groups in total. The Kier molecular flexibility index (Phi) is 7.46. The Morgan fingerprint density at radius 3 is 2.46 bits per heavy atom. The number of likely N-dealkylation sites (N-methyl/N-ethyl adjacent to an activating group) is 1. The van der Waals surface area contributed by atoms with Gasteiger partial charge in [-0.2, -0.15) is 0 Å². The number of benzene rings is 1. The van der Waals surface area contributed by atoms with Gasteiger partial charge in [-0.1, -0.05) is 31.2 Å². The smallest absolute Gasteiger partial charge is 0.191 e. The van der Waals surface area contributed by atoms with Crippen LogP contribution in [-0.4, -0.2) is 64.0 Å². The van der Waals surface area contributed by atoms with Gasteiger partial charge in [0.05, 0.1) is 24.1 Å². The first-order valence-corrected chi connectivity index (χ1v) is 11.2. The molecule has 0 amide bonds. The zero-order valence-electron chi connectivity index (χ0n) is 16.3. The average Bonchev–Trinajstić information content (AvgIpc) is 2.94. The van der Waals surface area contributed by atoms with E-state index in [0.29, 0.717) is 18.9 Å². The highest BCUT2D eigenvalue weighted by Crippen LogP contribution is 2.19. The van der Waals surface area contributed by atoms with Crippen LogP contribution in [0.4, 0.5) is 0 Å². The minimum absolute atomic E-state index is 0.0561. The SMILES string of the molecule is CCNC(=NCC(c1ccc(CC)cc1)N(C)C)NC1CCS(=O)(=O)C1. The van der Waals surface area contributed by atoms with Crippen molar-refractivity contribution in [3.05, 3.63) is 35.4 Å². The molecule has 6 nitrogen and oxygen atoms in total. The Labute approximate surface area is 158 Å². The highest BCUT2D eigenvalue weighted by atomic mass is 32.2. The van der Waals surface area contributed by atoms with E-state index in [-0.39, 0.29) is 23.6 Å². The van der Waals surface area contributed by atoms with Crippen molar-refractivity contribution in [2.24, 2.45) is 4.99 Å². The van der Waals surface area contributed by atoms with Crippen molar-refractivity contribution >= 4 is 15.8 Å². The van der Waals surface area contributed by atoms with Crippen LogP contribution in [0.15, 0.2) is 29.3 Å². The quantitative estimate of drug-likeness (QED) is 0.555. The third-order valence-electron chi connectivity index (χ3n) is 4.74. The fourth-order valence-electron chi connectivity index (χ4n) is 3.14. The van der Waals surface area contributed by atoms with Crippen molar-refractivity contribution in [2.45, 2.75) is 38.8 Å². The summed E-state index contributed by atoms with van der Waals surface area (Å²) in [5.74, 6) is 1.13. The van der Waals surface area contributed by atoms with Crippen molar-refractivity contribution in [2.75, 3.05) is 38.7 Å². The summed E-state index contributed by atoms with van der Waals surface area (Å²) in [4.78, 5) is 6.88. The van der Waals surface area contributed by atoms with Gasteiger partial charge in [0.15, 0.2) is 15.8 Å². The minimum atomic E-state index is -2.90. The molecular weight excluding hydrogens is 348 g/mol. The Balaban J connectivity index is 2.08. The van der Waals surface area contributed by atoms with Crippen molar-refractivity contribution in [3.63, 3.8) is 0 Å². The summed E-state index contributed by atoms with van der Waals surface area (Å²) in [6.45, 7) is 5.51. The highest BCUT2D eigenvalue weighted by molar-refractivity contribution is 7.91. The molecule has 0 radical (unpaired) electrons. The molecule has 7 heteroatoms. The van der Waals surface area contributed by atoms with Crippen LogP contribution in [0.25, 0.3) is 0 Å². The van der Waals surface area contributed by atoms with Crippen LogP contribution in [0.5, 0.6) is 0 Å². The first-order chi connectivity index (χ1) is 12.3. The molecule has 146 valence electrons. The summed E-state index contributed by atoms with van der Waals surface area (Å²) in [5.41, 5.74) is 2.56. The van der Waals surface area contributed by atoms with Crippen molar-refractivity contribution < 1.29 is 8.42 Å². The number of hydrogen-bond donors (Lipinski definition) is 2. The first kappa shape index (κ1) is 20.7. The zero-order valence-corrected chi connectivity index (χ0v) is 17.1. The molecule has 0 aromatic heterocycles. The molecule has 2 rings (SSSR count). The molecule has 0 saturated carbocycles. The summed E-state index contributed by atoms with van der Waals surface area (Å²) >= 11 is 0. The number of nitrogens with one attached hydrogen (secondary N) is 2. The van der Waals surface area contributed by atoms with Crippen molar-refractivity contribution in [3.8, 4) is 0 Å². The van der Waals surface area contributed by atoms with E-state index in [4.69, 9.17) is 4.99 Å². The average molecular weight is 381 g/mol. The molecule has 1 aromatic carbocycles. The van der Waals surface area contributed by atoms with Gasteiger partial charge < -0.3 is 15.5 Å². The molecule has 1 aromatic rings. The van der Waals surface area contributed by atoms with Crippen LogP contribution < -0.4 is 10.6 Å². The van der Waals surface area contributed by atoms with Gasteiger partial charge in [-0.15, -0.1) is 0 Å². The van der Waals surface area contributed by atoms with Crippen LogP contribution >= 0.6 is 0 Å². The van der Waals surface area contributed by atoms with Crippen LogP contribution in [-0.2, 0) is 16.3 Å². The maximum atomic E-state index is 11.7. The monoisotopic (exact) mass is 380 g/mol. The second-order valence-corrected chi connectivity index (χ2v) is 9.27. The van der Waals surface area contributed by atoms with Crippen molar-refractivity contribution in [1.82, 2.24) is 15.5 Å². The van der Waals surface area contributed by atoms with E-state index in [9.17, 15) is 8.42 Å². The molecular formula is C19H32N4O2S. The Morgan fingerprint density at radius 1 is 1.27 bits per heavy atom. The van der Waals surface area contributed by atoms with Gasteiger partial charge in [-0.25, -0.2) is 8.42 Å². The summed E-state index contributed by atoms with van der Waals surface area (Å²) < 4.78 is 23.3. The number of nitrogens with zero attached hydrogens (tertiary/aromatic N) is 2. The van der Waals surface area contributed by atoms with Gasteiger partial charge in [0.2, 0.25) is 0 Å². The Hall–Kier alpha value is -1.60. The van der Waals surface area contributed by atoms with Gasteiger partial charge in [-0.3, -0.25) is 4.99 Å². The number of sulfone groups is 1. The van der Waals surface area contributed by atoms with Crippen LogP contribution in [0.1, 0.15) is 37.4 Å². The lowest BCUT2D eigenvalue weighted by atomic mass is 10.0. The Morgan fingerprint density at radius 2 is 1.96 bits per heavy atom. The highest BCUT2D eigenvalue weighted by Gasteiger charge is 2.28. The normalized spacial score (nSPS) is 21.0. The molecule has 2 unspecified atom stereocenters. The van der Waals surface area contributed by atoms with E-state index in [1.165, 1.54) is 11.1 Å². The summed E-state index contributed by atoms with van der Waals surface area (Å²) in [7, 11) is 1.20. The fraction of sp³-hybridized carbons (Fsp3) is 0.632. The predicted octanol–water partition coefficient (Wildman–Crippen LogP) is 1.59. The summed E-state index contributed by atoms with van der Waals surface area (Å²) in [6.07, 6.45) is 1.67. The molecule has 0 spiro atoms. The van der Waals surface area contributed by atoms with Gasteiger partial charge in [-0.05, 0) is 45.0 Å². The Bertz CT molecular complexity index is 699. The van der Waals surface area contributed by atoms with E-state index in [0.717, 1.165) is 13.0 Å². The molecule has 1 aliphatic rings. The number of aryl methyl sites for hydroxylation is 1. The lowest BCUT2D eigenvalue weighted by Crippen LogP contribution is -2.44. The van der Waals surface area contributed by atoms with E-state index < -0.39 is 9.84 Å². The van der Waals surface area contributed by atoms with Crippen LogP contribution in [0, 0.1) is 0 Å².